The summed E-state index contributed by atoms with van der Waals surface area (Å²) in [4.78, 5) is 10.4. The summed E-state index contributed by atoms with van der Waals surface area (Å²) in [5.41, 5.74) is 3.47. The van der Waals surface area contributed by atoms with Gasteiger partial charge in [0.25, 0.3) is 5.69 Å². The maximum absolute atomic E-state index is 10.9. The van der Waals surface area contributed by atoms with Crippen LogP contribution in [0.25, 0.3) is 0 Å². The highest BCUT2D eigenvalue weighted by molar-refractivity contribution is 6.30. The molecule has 0 amide bonds. The Morgan fingerprint density at radius 1 is 1.22 bits per heavy atom. The van der Waals surface area contributed by atoms with Gasteiger partial charge in [0.05, 0.1) is 11.5 Å². The molecule has 23 heavy (non-hydrogen) atoms. The van der Waals surface area contributed by atoms with E-state index >= 15 is 0 Å². The monoisotopic (exact) mass is 332 g/mol. The van der Waals surface area contributed by atoms with Crippen molar-refractivity contribution in [3.8, 4) is 0 Å². The Balaban J connectivity index is 1.94. The zero-order valence-electron chi connectivity index (χ0n) is 12.9. The normalized spacial score (nSPS) is 10.9. The van der Waals surface area contributed by atoms with Gasteiger partial charge in [0.2, 0.25) is 0 Å². The molecule has 0 heterocycles. The van der Waals surface area contributed by atoms with Crippen LogP contribution in [0.4, 0.5) is 17.1 Å². The standard InChI is InChI=1S/C16H17ClN4O2/c1-11-3-5-14(12(2)9-11)18-7-8-19-20-15-6-4-13(17)10-16(15)21(22)23/h3-6,9-10,18H,7-8H2,1-2H3. The van der Waals surface area contributed by atoms with Gasteiger partial charge in [0.15, 0.2) is 5.69 Å². The fourth-order valence-electron chi connectivity index (χ4n) is 2.11. The van der Waals surface area contributed by atoms with Crippen molar-refractivity contribution < 1.29 is 4.92 Å². The molecule has 120 valence electrons. The first-order valence-corrected chi connectivity index (χ1v) is 7.48. The zero-order valence-corrected chi connectivity index (χ0v) is 13.7. The second-order valence-corrected chi connectivity index (χ2v) is 5.54. The maximum Gasteiger partial charge on any atom is 0.298 e. The number of nitrogens with zero attached hydrogens (tertiary/aromatic N) is 3. The second kappa shape index (κ2) is 7.69. The summed E-state index contributed by atoms with van der Waals surface area (Å²) >= 11 is 5.75. The largest absolute Gasteiger partial charge is 0.383 e. The molecule has 0 atom stereocenters. The number of hydrogen-bond donors (Lipinski definition) is 1. The van der Waals surface area contributed by atoms with Crippen LogP contribution < -0.4 is 5.32 Å². The summed E-state index contributed by atoms with van der Waals surface area (Å²) in [6.45, 7) is 5.08. The molecule has 0 saturated heterocycles. The van der Waals surface area contributed by atoms with Crippen LogP contribution in [-0.4, -0.2) is 18.0 Å². The van der Waals surface area contributed by atoms with Crippen LogP contribution in [0.2, 0.25) is 5.02 Å². The minimum absolute atomic E-state index is 0.149. The van der Waals surface area contributed by atoms with Crippen LogP contribution in [0, 0.1) is 24.0 Å². The number of hydrogen-bond acceptors (Lipinski definition) is 5. The predicted molar refractivity (Wildman–Crippen MR) is 91.9 cm³/mol. The summed E-state index contributed by atoms with van der Waals surface area (Å²) in [5.74, 6) is 0. The van der Waals surface area contributed by atoms with Crippen LogP contribution in [0.15, 0.2) is 46.6 Å². The minimum Gasteiger partial charge on any atom is -0.383 e. The van der Waals surface area contributed by atoms with Crippen molar-refractivity contribution in [2.24, 2.45) is 10.2 Å². The van der Waals surface area contributed by atoms with E-state index in [1.54, 1.807) is 6.07 Å². The molecule has 6 nitrogen and oxygen atoms in total. The number of halogens is 1. The first-order valence-electron chi connectivity index (χ1n) is 7.10. The Hall–Kier alpha value is -2.47. The fourth-order valence-corrected chi connectivity index (χ4v) is 2.27. The topological polar surface area (TPSA) is 79.9 Å². The van der Waals surface area contributed by atoms with Gasteiger partial charge in [-0.25, -0.2) is 0 Å². The first-order chi connectivity index (χ1) is 11.0. The zero-order chi connectivity index (χ0) is 16.8. The highest BCUT2D eigenvalue weighted by Gasteiger charge is 2.13. The number of nitro benzene ring substituents is 1. The first kappa shape index (κ1) is 16.9. The number of nitro groups is 1. The molecular formula is C16H17ClN4O2. The predicted octanol–water partition coefficient (Wildman–Crippen LogP) is 5.06. The third kappa shape index (κ3) is 4.75. The quantitative estimate of drug-likeness (QED) is 0.347. The van der Waals surface area contributed by atoms with E-state index in [9.17, 15) is 10.1 Å². The van der Waals surface area contributed by atoms with Crippen molar-refractivity contribution in [1.29, 1.82) is 0 Å². The maximum atomic E-state index is 10.9. The molecule has 0 saturated carbocycles. The Morgan fingerprint density at radius 3 is 2.70 bits per heavy atom. The fraction of sp³-hybridized carbons (Fsp3) is 0.250. The van der Waals surface area contributed by atoms with Gasteiger partial charge in [-0.1, -0.05) is 29.3 Å². The van der Waals surface area contributed by atoms with Gasteiger partial charge in [-0.2, -0.15) is 5.11 Å². The van der Waals surface area contributed by atoms with Crippen molar-refractivity contribution in [2.75, 3.05) is 18.4 Å². The SMILES string of the molecule is Cc1ccc(NCCN=Nc2ccc(Cl)cc2[N+](=O)[O-])c(C)c1. The molecule has 0 aromatic heterocycles. The number of rotatable bonds is 6. The van der Waals surface area contributed by atoms with Crippen LogP contribution >= 0.6 is 11.6 Å². The molecule has 0 spiro atoms. The van der Waals surface area contributed by atoms with E-state index < -0.39 is 4.92 Å². The molecule has 2 aromatic rings. The van der Waals surface area contributed by atoms with Gasteiger partial charge in [-0.3, -0.25) is 10.1 Å². The van der Waals surface area contributed by atoms with E-state index in [4.69, 9.17) is 11.6 Å². The molecule has 2 aromatic carbocycles. The minimum atomic E-state index is -0.520. The lowest BCUT2D eigenvalue weighted by atomic mass is 10.1. The van der Waals surface area contributed by atoms with Gasteiger partial charge in [-0.05, 0) is 37.6 Å². The van der Waals surface area contributed by atoms with E-state index in [-0.39, 0.29) is 11.4 Å². The molecule has 0 unspecified atom stereocenters. The van der Waals surface area contributed by atoms with E-state index in [0.717, 1.165) is 11.3 Å². The summed E-state index contributed by atoms with van der Waals surface area (Å²) < 4.78 is 0. The lowest BCUT2D eigenvalue weighted by molar-refractivity contribution is -0.384. The van der Waals surface area contributed by atoms with Gasteiger partial charge in [-0.15, -0.1) is 5.11 Å². The third-order valence-electron chi connectivity index (χ3n) is 3.22. The molecular weight excluding hydrogens is 316 g/mol. The molecule has 0 aliphatic heterocycles. The molecule has 2 rings (SSSR count). The van der Waals surface area contributed by atoms with E-state index in [2.05, 4.69) is 21.6 Å². The Kier molecular flexibility index (Phi) is 5.65. The van der Waals surface area contributed by atoms with E-state index in [1.807, 2.05) is 26.0 Å². The van der Waals surface area contributed by atoms with Crippen molar-refractivity contribution in [1.82, 2.24) is 0 Å². The highest BCUT2D eigenvalue weighted by Crippen LogP contribution is 2.30. The number of azo groups is 1. The number of nitrogens with one attached hydrogen (secondary N) is 1. The van der Waals surface area contributed by atoms with E-state index in [0.29, 0.717) is 18.1 Å². The summed E-state index contributed by atoms with van der Waals surface area (Å²) in [6, 6.07) is 10.5. The number of aryl methyl sites for hydroxylation is 2. The lowest BCUT2D eigenvalue weighted by Gasteiger charge is -2.08. The van der Waals surface area contributed by atoms with Gasteiger partial charge in [0.1, 0.15) is 0 Å². The second-order valence-electron chi connectivity index (χ2n) is 5.10. The lowest BCUT2D eigenvalue weighted by Crippen LogP contribution is -2.05. The van der Waals surface area contributed by atoms with Gasteiger partial charge >= 0.3 is 0 Å². The summed E-state index contributed by atoms with van der Waals surface area (Å²) in [7, 11) is 0. The van der Waals surface area contributed by atoms with Crippen LogP contribution in [0.1, 0.15) is 11.1 Å². The summed E-state index contributed by atoms with van der Waals surface area (Å²) in [5, 5.41) is 22.4. The third-order valence-corrected chi connectivity index (χ3v) is 3.46. The Bertz CT molecular complexity index is 747. The molecule has 0 bridgehead atoms. The molecule has 0 aliphatic carbocycles. The van der Waals surface area contributed by atoms with Crippen LogP contribution in [0.5, 0.6) is 0 Å². The average molecular weight is 333 g/mol. The van der Waals surface area contributed by atoms with E-state index in [1.165, 1.54) is 17.7 Å². The molecule has 0 fully saturated rings. The van der Waals surface area contributed by atoms with Crippen molar-refractivity contribution in [3.63, 3.8) is 0 Å². The average Bonchev–Trinajstić information content (AvgIpc) is 2.50. The van der Waals surface area contributed by atoms with Crippen molar-refractivity contribution in [2.45, 2.75) is 13.8 Å². The van der Waals surface area contributed by atoms with Gasteiger partial charge in [0, 0.05) is 23.3 Å². The molecule has 0 aliphatic rings. The highest BCUT2D eigenvalue weighted by atomic mass is 35.5. The molecule has 7 heteroatoms. The summed E-state index contributed by atoms with van der Waals surface area (Å²) in [6.07, 6.45) is 0. The molecule has 0 radical (unpaired) electrons. The Labute approximate surface area is 139 Å². The number of anilines is 1. The Morgan fingerprint density at radius 2 is 2.00 bits per heavy atom. The number of benzene rings is 2. The van der Waals surface area contributed by atoms with Crippen molar-refractivity contribution in [3.05, 3.63) is 62.7 Å². The smallest absolute Gasteiger partial charge is 0.298 e. The van der Waals surface area contributed by atoms with Gasteiger partial charge < -0.3 is 5.32 Å². The molecule has 1 N–H and O–H groups in total. The van der Waals surface area contributed by atoms with Crippen molar-refractivity contribution >= 4 is 28.7 Å². The van der Waals surface area contributed by atoms with Crippen LogP contribution in [-0.2, 0) is 0 Å². The van der Waals surface area contributed by atoms with Crippen LogP contribution in [0.3, 0.4) is 0 Å².